The quantitative estimate of drug-likeness (QED) is 0.898. The molecule has 2 aromatic carbocycles. The van der Waals surface area contributed by atoms with Crippen molar-refractivity contribution >= 4 is 17.3 Å². The Morgan fingerprint density at radius 1 is 1.17 bits per heavy atom. The van der Waals surface area contributed by atoms with Crippen LogP contribution in [0.2, 0.25) is 0 Å². The van der Waals surface area contributed by atoms with Crippen molar-refractivity contribution in [3.05, 3.63) is 76.2 Å². The summed E-state index contributed by atoms with van der Waals surface area (Å²) in [5.74, 6) is 0.0353. The van der Waals surface area contributed by atoms with Crippen molar-refractivity contribution in [3.63, 3.8) is 0 Å². The molecule has 3 nitrogen and oxygen atoms in total. The molecule has 0 saturated carbocycles. The minimum Gasteiger partial charge on any atom is -0.489 e. The average molecular weight is 332 g/mol. The van der Waals surface area contributed by atoms with Crippen LogP contribution in [-0.2, 0) is 6.61 Å². The fourth-order valence-corrected chi connectivity index (χ4v) is 2.58. The molecule has 0 radical (unpaired) electrons. The summed E-state index contributed by atoms with van der Waals surface area (Å²) >= 11 is 5.98. The van der Waals surface area contributed by atoms with E-state index in [9.17, 15) is 4.39 Å². The summed E-state index contributed by atoms with van der Waals surface area (Å²) in [6, 6.07) is 14.3. The van der Waals surface area contributed by atoms with Crippen LogP contribution in [0.15, 0.2) is 64.3 Å². The van der Waals surface area contributed by atoms with E-state index in [2.05, 4.69) is 4.99 Å². The number of hydrogen-bond acceptors (Lipinski definition) is 3. The summed E-state index contributed by atoms with van der Waals surface area (Å²) in [6.07, 6.45) is 0.332. The highest BCUT2D eigenvalue weighted by Crippen LogP contribution is 2.28. The number of allylic oxidation sites excluding steroid dienone is 1. The number of aliphatic imine (C=N–C) groups is 1. The van der Waals surface area contributed by atoms with Gasteiger partial charge in [-0.05, 0) is 17.7 Å². The lowest BCUT2D eigenvalue weighted by molar-refractivity contribution is 0.304. The molecule has 0 aromatic heterocycles. The van der Waals surface area contributed by atoms with Gasteiger partial charge in [0.25, 0.3) is 0 Å². The van der Waals surface area contributed by atoms with Crippen LogP contribution >= 0.6 is 11.6 Å². The second kappa shape index (κ2) is 6.94. The highest BCUT2D eigenvalue weighted by Gasteiger charge is 2.20. The number of hydrogen-bond donors (Lipinski definition) is 1. The van der Waals surface area contributed by atoms with Crippen molar-refractivity contribution in [1.82, 2.24) is 0 Å². The first-order chi connectivity index (χ1) is 11.2. The Morgan fingerprint density at radius 3 is 2.61 bits per heavy atom. The maximum atomic E-state index is 14.3. The smallest absolute Gasteiger partial charge is 0.135 e. The Hall–Kier alpha value is -2.17. The first-order valence-corrected chi connectivity index (χ1v) is 7.58. The summed E-state index contributed by atoms with van der Waals surface area (Å²) in [4.78, 5) is 4.18. The van der Waals surface area contributed by atoms with Gasteiger partial charge in [0.2, 0.25) is 0 Å². The maximum Gasteiger partial charge on any atom is 0.135 e. The zero-order valence-electron chi connectivity index (χ0n) is 12.3. The van der Waals surface area contributed by atoms with E-state index in [4.69, 9.17) is 21.4 Å². The lowest BCUT2D eigenvalue weighted by atomic mass is 10.1. The SMILES string of the molecule is OCC1=C(Cl)CC(c2ccc(OCc3ccccc3)cc2F)=N1. The second-order valence-corrected chi connectivity index (χ2v) is 5.62. The molecule has 0 bridgehead atoms. The largest absolute Gasteiger partial charge is 0.489 e. The molecule has 0 saturated heterocycles. The molecule has 23 heavy (non-hydrogen) atoms. The van der Waals surface area contributed by atoms with Gasteiger partial charge in [0.05, 0.1) is 18.0 Å². The number of rotatable bonds is 5. The van der Waals surface area contributed by atoms with E-state index in [-0.39, 0.29) is 6.61 Å². The third-order valence-corrected chi connectivity index (χ3v) is 3.91. The van der Waals surface area contributed by atoms with E-state index in [0.717, 1.165) is 5.56 Å². The van der Waals surface area contributed by atoms with Crippen molar-refractivity contribution in [2.75, 3.05) is 6.61 Å². The van der Waals surface area contributed by atoms with Gasteiger partial charge >= 0.3 is 0 Å². The normalized spacial score (nSPS) is 14.1. The van der Waals surface area contributed by atoms with Crippen LogP contribution in [0.4, 0.5) is 4.39 Å². The Kier molecular flexibility index (Phi) is 4.74. The first kappa shape index (κ1) is 15.7. The van der Waals surface area contributed by atoms with E-state index < -0.39 is 5.82 Å². The van der Waals surface area contributed by atoms with Crippen LogP contribution in [0.25, 0.3) is 0 Å². The lowest BCUT2D eigenvalue weighted by Gasteiger charge is -2.09. The molecule has 0 unspecified atom stereocenters. The third-order valence-electron chi connectivity index (χ3n) is 3.56. The van der Waals surface area contributed by atoms with E-state index in [1.807, 2.05) is 30.3 Å². The Labute approximate surface area is 138 Å². The fraction of sp³-hybridized carbons (Fsp3) is 0.167. The lowest BCUT2D eigenvalue weighted by Crippen LogP contribution is -2.02. The van der Waals surface area contributed by atoms with Crippen LogP contribution in [0, 0.1) is 5.82 Å². The van der Waals surface area contributed by atoms with E-state index in [0.29, 0.717) is 40.8 Å². The molecule has 0 spiro atoms. The minimum atomic E-state index is -0.419. The summed E-state index contributed by atoms with van der Waals surface area (Å²) in [5, 5.41) is 9.58. The van der Waals surface area contributed by atoms with Gasteiger partial charge in [0, 0.05) is 23.1 Å². The van der Waals surface area contributed by atoms with Crippen LogP contribution in [0.5, 0.6) is 5.75 Å². The molecule has 0 fully saturated rings. The highest BCUT2D eigenvalue weighted by molar-refractivity contribution is 6.33. The molecule has 1 aliphatic rings. The average Bonchev–Trinajstić information content (AvgIpc) is 2.94. The molecule has 1 N–H and O–H groups in total. The molecule has 0 aliphatic carbocycles. The van der Waals surface area contributed by atoms with Crippen molar-refractivity contribution in [2.45, 2.75) is 13.0 Å². The number of aliphatic hydroxyl groups excluding tert-OH is 1. The highest BCUT2D eigenvalue weighted by atomic mass is 35.5. The van der Waals surface area contributed by atoms with Gasteiger partial charge in [0.15, 0.2) is 0 Å². The number of aliphatic hydroxyl groups is 1. The summed E-state index contributed by atoms with van der Waals surface area (Å²) in [6.45, 7) is 0.130. The van der Waals surface area contributed by atoms with Crippen LogP contribution in [0.1, 0.15) is 17.5 Å². The predicted molar refractivity (Wildman–Crippen MR) is 88.3 cm³/mol. The summed E-state index contributed by atoms with van der Waals surface area (Å²) in [7, 11) is 0. The monoisotopic (exact) mass is 331 g/mol. The Balaban J connectivity index is 1.72. The van der Waals surface area contributed by atoms with Crippen molar-refractivity contribution in [3.8, 4) is 5.75 Å². The number of ether oxygens (including phenoxy) is 1. The zero-order chi connectivity index (χ0) is 16.2. The van der Waals surface area contributed by atoms with Gasteiger partial charge in [-0.1, -0.05) is 41.9 Å². The molecule has 1 aliphatic heterocycles. The van der Waals surface area contributed by atoms with Crippen LogP contribution < -0.4 is 4.74 Å². The number of halogens is 2. The van der Waals surface area contributed by atoms with Gasteiger partial charge in [-0.3, -0.25) is 4.99 Å². The van der Waals surface area contributed by atoms with Gasteiger partial charge in [-0.15, -0.1) is 0 Å². The molecular weight excluding hydrogens is 317 g/mol. The molecule has 118 valence electrons. The van der Waals surface area contributed by atoms with Gasteiger partial charge < -0.3 is 9.84 Å². The number of nitrogens with zero attached hydrogens (tertiary/aromatic N) is 1. The minimum absolute atomic E-state index is 0.248. The standard InChI is InChI=1S/C18H15ClFNO2/c19-15-9-17(21-18(15)10-22)14-7-6-13(8-16(14)20)23-11-12-4-2-1-3-5-12/h1-8,22H,9-11H2. The van der Waals surface area contributed by atoms with Crippen molar-refractivity contribution in [1.29, 1.82) is 0 Å². The summed E-state index contributed by atoms with van der Waals surface area (Å²) in [5.41, 5.74) is 2.30. The molecule has 2 aromatic rings. The topological polar surface area (TPSA) is 41.8 Å². The van der Waals surface area contributed by atoms with Gasteiger partial charge in [-0.2, -0.15) is 0 Å². The molecule has 3 rings (SSSR count). The Morgan fingerprint density at radius 2 is 1.96 bits per heavy atom. The fourth-order valence-electron chi connectivity index (χ4n) is 2.35. The second-order valence-electron chi connectivity index (χ2n) is 5.16. The first-order valence-electron chi connectivity index (χ1n) is 7.20. The summed E-state index contributed by atoms with van der Waals surface area (Å²) < 4.78 is 19.9. The van der Waals surface area contributed by atoms with Crippen LogP contribution in [0.3, 0.4) is 0 Å². The molecular formula is C18H15ClFNO2. The number of benzene rings is 2. The molecule has 0 atom stereocenters. The van der Waals surface area contributed by atoms with Crippen LogP contribution in [-0.4, -0.2) is 17.4 Å². The Bertz CT molecular complexity index is 772. The predicted octanol–water partition coefficient (Wildman–Crippen LogP) is 4.04. The van der Waals surface area contributed by atoms with Gasteiger partial charge in [-0.25, -0.2) is 4.39 Å². The molecule has 1 heterocycles. The van der Waals surface area contributed by atoms with Gasteiger partial charge in [0.1, 0.15) is 18.2 Å². The third kappa shape index (κ3) is 3.60. The zero-order valence-corrected chi connectivity index (χ0v) is 13.1. The van der Waals surface area contributed by atoms with E-state index in [1.165, 1.54) is 6.07 Å². The molecule has 0 amide bonds. The maximum absolute atomic E-state index is 14.3. The molecule has 5 heteroatoms. The van der Waals surface area contributed by atoms with Crippen molar-refractivity contribution in [2.24, 2.45) is 4.99 Å². The van der Waals surface area contributed by atoms with E-state index in [1.54, 1.807) is 12.1 Å². The van der Waals surface area contributed by atoms with E-state index >= 15 is 0 Å². The van der Waals surface area contributed by atoms with Crippen molar-refractivity contribution < 1.29 is 14.2 Å².